The van der Waals surface area contributed by atoms with Crippen LogP contribution in [-0.4, -0.2) is 15.7 Å². The van der Waals surface area contributed by atoms with E-state index in [0.717, 1.165) is 10.2 Å². The number of anilines is 1. The molecule has 0 bridgehead atoms. The Bertz CT molecular complexity index is 1270. The summed E-state index contributed by atoms with van der Waals surface area (Å²) in [6.07, 6.45) is 0. The van der Waals surface area contributed by atoms with Crippen molar-refractivity contribution in [1.82, 2.24) is 9.78 Å². The fourth-order valence-electron chi connectivity index (χ4n) is 4.15. The summed E-state index contributed by atoms with van der Waals surface area (Å²) in [5.41, 5.74) is 7.91. The van der Waals surface area contributed by atoms with Crippen LogP contribution in [0.5, 0.6) is 5.88 Å². The zero-order chi connectivity index (χ0) is 20.3. The maximum absolute atomic E-state index is 13.4. The van der Waals surface area contributed by atoms with E-state index in [-0.39, 0.29) is 17.4 Å². The van der Waals surface area contributed by atoms with Gasteiger partial charge in [0.25, 0.3) is 0 Å². The Morgan fingerprint density at radius 3 is 2.76 bits per heavy atom. The van der Waals surface area contributed by atoms with Crippen molar-refractivity contribution in [2.45, 2.75) is 12.3 Å². The van der Waals surface area contributed by atoms with Crippen LogP contribution in [0.25, 0.3) is 5.69 Å². The maximum Gasteiger partial charge on any atom is 0.245 e. The molecular formula is C21H14BrN5O2. The highest BCUT2D eigenvalue weighted by Gasteiger charge is 2.58. The molecule has 1 aromatic heterocycles. The van der Waals surface area contributed by atoms with Crippen LogP contribution in [0.3, 0.4) is 0 Å². The standard InChI is InChI=1S/C21H14BrN5O2/c1-11-17-19(27(26-11)13-5-3-2-4-6-13)29-18(24)15(10-23)21(17)14-9-12(22)7-8-16(14)25-20(21)28/h2-9H,24H2,1H3,(H,25,28). The monoisotopic (exact) mass is 447 g/mol. The van der Waals surface area contributed by atoms with Crippen molar-refractivity contribution in [3.05, 3.63) is 81.3 Å². The summed E-state index contributed by atoms with van der Waals surface area (Å²) in [7, 11) is 0. The Morgan fingerprint density at radius 2 is 2.03 bits per heavy atom. The average Bonchev–Trinajstić information content (AvgIpc) is 3.18. The number of ether oxygens (including phenoxy) is 1. The van der Waals surface area contributed by atoms with Gasteiger partial charge in [0.15, 0.2) is 0 Å². The van der Waals surface area contributed by atoms with Crippen LogP contribution < -0.4 is 15.8 Å². The van der Waals surface area contributed by atoms with E-state index in [1.54, 1.807) is 17.7 Å². The SMILES string of the molecule is Cc1nn(-c2ccccc2)c2c1C1(C(=O)Nc3ccc(Br)cc31)C(C#N)=C(N)O2. The molecule has 2 aliphatic rings. The molecule has 5 rings (SSSR count). The minimum atomic E-state index is -1.43. The molecule has 1 amide bonds. The average molecular weight is 448 g/mol. The Hall–Kier alpha value is -3.57. The van der Waals surface area contributed by atoms with Gasteiger partial charge in [0.05, 0.1) is 16.9 Å². The molecule has 3 N–H and O–H groups in total. The molecule has 2 aliphatic heterocycles. The number of hydrogen-bond donors (Lipinski definition) is 2. The van der Waals surface area contributed by atoms with E-state index >= 15 is 0 Å². The first kappa shape index (κ1) is 17.5. The highest BCUT2D eigenvalue weighted by atomic mass is 79.9. The fraction of sp³-hybridized carbons (Fsp3) is 0.0952. The van der Waals surface area contributed by atoms with E-state index < -0.39 is 5.41 Å². The normalized spacial score (nSPS) is 19.4. The first-order chi connectivity index (χ1) is 14.0. The fourth-order valence-corrected chi connectivity index (χ4v) is 4.51. The Kier molecular flexibility index (Phi) is 3.60. The summed E-state index contributed by atoms with van der Waals surface area (Å²) < 4.78 is 8.26. The van der Waals surface area contributed by atoms with Crippen LogP contribution in [0.4, 0.5) is 5.69 Å². The van der Waals surface area contributed by atoms with E-state index in [2.05, 4.69) is 32.4 Å². The van der Waals surface area contributed by atoms with E-state index in [4.69, 9.17) is 10.5 Å². The van der Waals surface area contributed by atoms with Gasteiger partial charge in [-0.05, 0) is 37.3 Å². The number of aromatic nitrogens is 2. The molecule has 29 heavy (non-hydrogen) atoms. The minimum absolute atomic E-state index is 0.0510. The quantitative estimate of drug-likeness (QED) is 0.595. The largest absolute Gasteiger partial charge is 0.422 e. The van der Waals surface area contributed by atoms with Crippen molar-refractivity contribution in [1.29, 1.82) is 5.26 Å². The van der Waals surface area contributed by atoms with Gasteiger partial charge in [0.2, 0.25) is 17.7 Å². The van der Waals surface area contributed by atoms with Gasteiger partial charge in [-0.1, -0.05) is 34.1 Å². The highest BCUT2D eigenvalue weighted by molar-refractivity contribution is 9.10. The molecule has 0 radical (unpaired) electrons. The van der Waals surface area contributed by atoms with Crippen molar-refractivity contribution < 1.29 is 9.53 Å². The number of para-hydroxylation sites is 1. The number of carbonyl (C=O) groups is 1. The zero-order valence-electron chi connectivity index (χ0n) is 15.2. The number of hydrogen-bond acceptors (Lipinski definition) is 5. The molecule has 1 atom stereocenters. The van der Waals surface area contributed by atoms with Gasteiger partial charge in [-0.2, -0.15) is 10.4 Å². The van der Waals surface area contributed by atoms with Gasteiger partial charge in [-0.25, -0.2) is 4.68 Å². The predicted molar refractivity (Wildman–Crippen MR) is 109 cm³/mol. The molecule has 0 saturated carbocycles. The molecule has 3 aromatic rings. The third kappa shape index (κ3) is 2.16. The lowest BCUT2D eigenvalue weighted by molar-refractivity contribution is -0.118. The van der Waals surface area contributed by atoms with E-state index in [0.29, 0.717) is 28.4 Å². The number of carbonyl (C=O) groups excluding carboxylic acids is 1. The number of amides is 1. The van der Waals surface area contributed by atoms with Crippen LogP contribution in [0.15, 0.2) is 64.5 Å². The summed E-state index contributed by atoms with van der Waals surface area (Å²) in [5, 5.41) is 17.5. The van der Waals surface area contributed by atoms with Crippen molar-refractivity contribution in [3.8, 4) is 17.6 Å². The first-order valence-corrected chi connectivity index (χ1v) is 9.63. The summed E-state index contributed by atoms with van der Waals surface area (Å²) in [4.78, 5) is 13.4. The van der Waals surface area contributed by atoms with Crippen molar-refractivity contribution in [2.75, 3.05) is 5.32 Å². The van der Waals surface area contributed by atoms with Crippen molar-refractivity contribution in [2.24, 2.45) is 5.73 Å². The molecule has 3 heterocycles. The third-order valence-corrected chi connectivity index (χ3v) is 5.80. The molecule has 0 saturated heterocycles. The topological polar surface area (TPSA) is 106 Å². The lowest BCUT2D eigenvalue weighted by Crippen LogP contribution is -2.42. The smallest absolute Gasteiger partial charge is 0.245 e. The lowest BCUT2D eigenvalue weighted by Gasteiger charge is -2.32. The van der Waals surface area contributed by atoms with Crippen LogP contribution in [0, 0.1) is 18.3 Å². The number of rotatable bonds is 1. The molecular weight excluding hydrogens is 434 g/mol. The summed E-state index contributed by atoms with van der Waals surface area (Å²) in [6.45, 7) is 1.79. The second-order valence-corrected chi connectivity index (χ2v) is 7.78. The van der Waals surface area contributed by atoms with Crippen LogP contribution >= 0.6 is 15.9 Å². The summed E-state index contributed by atoms with van der Waals surface area (Å²) in [5.74, 6) is -0.140. The molecule has 0 fully saturated rings. The van der Waals surface area contributed by atoms with E-state index in [1.807, 2.05) is 42.5 Å². The van der Waals surface area contributed by atoms with Gasteiger partial charge < -0.3 is 15.8 Å². The zero-order valence-corrected chi connectivity index (χ0v) is 16.8. The van der Waals surface area contributed by atoms with Gasteiger partial charge in [0, 0.05) is 15.7 Å². The van der Waals surface area contributed by atoms with Crippen molar-refractivity contribution in [3.63, 3.8) is 0 Å². The number of benzene rings is 2. The molecule has 142 valence electrons. The summed E-state index contributed by atoms with van der Waals surface area (Å²) in [6, 6.07) is 17.0. The van der Waals surface area contributed by atoms with Gasteiger partial charge in [-0.15, -0.1) is 0 Å². The second-order valence-electron chi connectivity index (χ2n) is 6.86. The highest BCUT2D eigenvalue weighted by Crippen LogP contribution is 2.54. The Labute approximate surface area is 174 Å². The second kappa shape index (κ2) is 5.96. The number of aryl methyl sites for hydroxylation is 1. The Morgan fingerprint density at radius 1 is 1.28 bits per heavy atom. The number of halogens is 1. The molecule has 2 aromatic carbocycles. The number of nitriles is 1. The van der Waals surface area contributed by atoms with Gasteiger partial charge in [-0.3, -0.25) is 4.79 Å². The molecule has 1 unspecified atom stereocenters. The van der Waals surface area contributed by atoms with Gasteiger partial charge >= 0.3 is 0 Å². The summed E-state index contributed by atoms with van der Waals surface area (Å²) >= 11 is 3.47. The molecule has 1 spiro atoms. The maximum atomic E-state index is 13.4. The van der Waals surface area contributed by atoms with Crippen molar-refractivity contribution >= 4 is 27.5 Å². The number of nitrogens with one attached hydrogen (secondary N) is 1. The third-order valence-electron chi connectivity index (χ3n) is 5.31. The van der Waals surface area contributed by atoms with Crippen LogP contribution in [0.1, 0.15) is 16.8 Å². The predicted octanol–water partition coefficient (Wildman–Crippen LogP) is 3.27. The Balaban J connectivity index is 1.91. The molecule has 7 nitrogen and oxygen atoms in total. The lowest BCUT2D eigenvalue weighted by atomic mass is 9.69. The van der Waals surface area contributed by atoms with E-state index in [1.165, 1.54) is 0 Å². The molecule has 0 aliphatic carbocycles. The first-order valence-electron chi connectivity index (χ1n) is 8.83. The minimum Gasteiger partial charge on any atom is -0.422 e. The molecule has 8 heteroatoms. The number of fused-ring (bicyclic) bond motifs is 4. The number of nitrogens with two attached hydrogens (primary N) is 1. The van der Waals surface area contributed by atoms with Crippen LogP contribution in [-0.2, 0) is 10.2 Å². The number of nitrogens with zero attached hydrogens (tertiary/aromatic N) is 3. The van der Waals surface area contributed by atoms with Crippen LogP contribution in [0.2, 0.25) is 0 Å². The van der Waals surface area contributed by atoms with E-state index in [9.17, 15) is 10.1 Å². The van der Waals surface area contributed by atoms with Gasteiger partial charge in [0.1, 0.15) is 17.1 Å².